The first-order valence-electron chi connectivity index (χ1n) is 7.24. The third-order valence-corrected chi connectivity index (χ3v) is 4.36. The van der Waals surface area contributed by atoms with Crippen molar-refractivity contribution in [3.63, 3.8) is 0 Å². The molecule has 2 aliphatic rings. The monoisotopic (exact) mass is 276 g/mol. The Kier molecular flexibility index (Phi) is 3.53. The molecule has 0 aromatic heterocycles. The average Bonchev–Trinajstić information content (AvgIpc) is 3.09. The van der Waals surface area contributed by atoms with Gasteiger partial charge in [-0.15, -0.1) is 0 Å². The number of nitrogens with one attached hydrogen (secondary N) is 1. The number of amides is 1. The van der Waals surface area contributed by atoms with Crippen LogP contribution in [0.5, 0.6) is 11.5 Å². The summed E-state index contributed by atoms with van der Waals surface area (Å²) in [5, 5.41) is 23.1. The van der Waals surface area contributed by atoms with Crippen molar-refractivity contribution in [1.29, 1.82) is 0 Å². The number of carbonyl (C=O) groups excluding carboxylic acids is 1. The summed E-state index contributed by atoms with van der Waals surface area (Å²) in [7, 11) is 0. The Bertz CT molecular complexity index is 492. The molecule has 20 heavy (non-hydrogen) atoms. The Balaban J connectivity index is 1.85. The summed E-state index contributed by atoms with van der Waals surface area (Å²) in [4.78, 5) is 14.4. The maximum absolute atomic E-state index is 12.6. The number of likely N-dealkylation sites (tertiary alicyclic amines) is 1. The van der Waals surface area contributed by atoms with Crippen LogP contribution in [0.3, 0.4) is 0 Å². The lowest BCUT2D eigenvalue weighted by molar-refractivity contribution is 0.0705. The van der Waals surface area contributed by atoms with Gasteiger partial charge in [0.25, 0.3) is 5.91 Å². The third kappa shape index (κ3) is 2.22. The predicted molar refractivity (Wildman–Crippen MR) is 74.9 cm³/mol. The van der Waals surface area contributed by atoms with Crippen LogP contribution in [-0.2, 0) is 0 Å². The molecule has 1 amide bonds. The Morgan fingerprint density at radius 3 is 2.60 bits per heavy atom. The summed E-state index contributed by atoms with van der Waals surface area (Å²) < 4.78 is 0. The highest BCUT2D eigenvalue weighted by molar-refractivity contribution is 5.99. The maximum Gasteiger partial charge on any atom is 0.261 e. The molecule has 5 nitrogen and oxygen atoms in total. The molecule has 2 saturated heterocycles. The van der Waals surface area contributed by atoms with Crippen LogP contribution in [0.4, 0.5) is 0 Å². The van der Waals surface area contributed by atoms with Crippen molar-refractivity contribution in [1.82, 2.24) is 10.2 Å². The van der Waals surface area contributed by atoms with E-state index in [4.69, 9.17) is 0 Å². The molecule has 0 saturated carbocycles. The standard InChI is InChI=1S/C15H20N2O3/c18-12-6-1-7-13(19)14(12)15(20)17-9-3-5-11(17)10-4-2-8-16-10/h1,6-7,10-11,16,18-19H,2-5,8-9H2. The van der Waals surface area contributed by atoms with Gasteiger partial charge in [-0.25, -0.2) is 0 Å². The molecule has 2 heterocycles. The molecule has 0 radical (unpaired) electrons. The molecular weight excluding hydrogens is 256 g/mol. The van der Waals surface area contributed by atoms with E-state index in [-0.39, 0.29) is 29.0 Å². The lowest BCUT2D eigenvalue weighted by atomic mass is 10.0. The van der Waals surface area contributed by atoms with E-state index in [0.29, 0.717) is 12.6 Å². The van der Waals surface area contributed by atoms with E-state index < -0.39 is 0 Å². The van der Waals surface area contributed by atoms with Crippen molar-refractivity contribution in [3.8, 4) is 11.5 Å². The van der Waals surface area contributed by atoms with E-state index in [9.17, 15) is 15.0 Å². The molecule has 108 valence electrons. The second-order valence-electron chi connectivity index (χ2n) is 5.58. The Labute approximate surface area is 118 Å². The van der Waals surface area contributed by atoms with Crippen molar-refractivity contribution in [2.24, 2.45) is 0 Å². The highest BCUT2D eigenvalue weighted by Gasteiger charge is 2.37. The van der Waals surface area contributed by atoms with Gasteiger partial charge in [0.2, 0.25) is 0 Å². The van der Waals surface area contributed by atoms with E-state index in [2.05, 4.69) is 5.32 Å². The highest BCUT2D eigenvalue weighted by atomic mass is 16.3. The average molecular weight is 276 g/mol. The van der Waals surface area contributed by atoms with Crippen molar-refractivity contribution in [3.05, 3.63) is 23.8 Å². The first-order valence-corrected chi connectivity index (χ1v) is 7.24. The van der Waals surface area contributed by atoms with Crippen LogP contribution >= 0.6 is 0 Å². The SMILES string of the molecule is O=C(c1c(O)cccc1O)N1CCCC1C1CCCN1. The Hall–Kier alpha value is -1.75. The summed E-state index contributed by atoms with van der Waals surface area (Å²) >= 11 is 0. The number of carbonyl (C=O) groups is 1. The Morgan fingerprint density at radius 2 is 1.95 bits per heavy atom. The van der Waals surface area contributed by atoms with Crippen LogP contribution in [0.1, 0.15) is 36.0 Å². The van der Waals surface area contributed by atoms with Crippen LogP contribution in [0.2, 0.25) is 0 Å². The fraction of sp³-hybridized carbons (Fsp3) is 0.533. The van der Waals surface area contributed by atoms with Crippen LogP contribution in [-0.4, -0.2) is 46.2 Å². The molecule has 1 aromatic rings. The molecule has 2 aliphatic heterocycles. The van der Waals surface area contributed by atoms with Gasteiger partial charge in [0.05, 0.1) is 0 Å². The number of hydrogen-bond donors (Lipinski definition) is 3. The lowest BCUT2D eigenvalue weighted by Crippen LogP contribution is -2.46. The fourth-order valence-corrected chi connectivity index (χ4v) is 3.39. The van der Waals surface area contributed by atoms with Crippen LogP contribution in [0.15, 0.2) is 18.2 Å². The highest BCUT2D eigenvalue weighted by Crippen LogP contribution is 2.32. The van der Waals surface area contributed by atoms with Gasteiger partial charge in [0.15, 0.2) is 0 Å². The zero-order valence-corrected chi connectivity index (χ0v) is 11.4. The van der Waals surface area contributed by atoms with E-state index >= 15 is 0 Å². The van der Waals surface area contributed by atoms with Crippen molar-refractivity contribution in [2.45, 2.75) is 37.8 Å². The van der Waals surface area contributed by atoms with Gasteiger partial charge in [-0.3, -0.25) is 4.79 Å². The van der Waals surface area contributed by atoms with Crippen molar-refractivity contribution < 1.29 is 15.0 Å². The molecule has 0 spiro atoms. The fourth-order valence-electron chi connectivity index (χ4n) is 3.39. The lowest BCUT2D eigenvalue weighted by Gasteiger charge is -2.30. The minimum absolute atomic E-state index is 0.0254. The first kappa shape index (κ1) is 13.2. The summed E-state index contributed by atoms with van der Waals surface area (Å²) in [6.45, 7) is 1.69. The summed E-state index contributed by atoms with van der Waals surface area (Å²) in [5.41, 5.74) is 0.0254. The number of benzene rings is 1. The summed E-state index contributed by atoms with van der Waals surface area (Å²) in [6, 6.07) is 4.91. The van der Waals surface area contributed by atoms with E-state index in [1.54, 1.807) is 4.90 Å². The molecule has 3 N–H and O–H groups in total. The minimum atomic E-state index is -0.267. The normalized spacial score (nSPS) is 26.1. The second kappa shape index (κ2) is 5.32. The number of rotatable bonds is 2. The number of phenolic OH excluding ortho intramolecular Hbond substituents is 2. The second-order valence-corrected chi connectivity index (χ2v) is 5.58. The van der Waals surface area contributed by atoms with E-state index in [1.165, 1.54) is 18.2 Å². The number of hydrogen-bond acceptors (Lipinski definition) is 4. The number of phenols is 2. The van der Waals surface area contributed by atoms with Gasteiger partial charge < -0.3 is 20.4 Å². The minimum Gasteiger partial charge on any atom is -0.507 e. The topological polar surface area (TPSA) is 72.8 Å². The maximum atomic E-state index is 12.6. The molecule has 3 rings (SSSR count). The van der Waals surface area contributed by atoms with Crippen LogP contribution in [0.25, 0.3) is 0 Å². The molecular formula is C15H20N2O3. The van der Waals surface area contributed by atoms with Gasteiger partial charge in [0, 0.05) is 18.6 Å². The molecule has 2 atom stereocenters. The zero-order chi connectivity index (χ0) is 14.1. The molecule has 1 aromatic carbocycles. The van der Waals surface area contributed by atoms with Gasteiger partial charge in [-0.2, -0.15) is 0 Å². The summed E-state index contributed by atoms with van der Waals surface area (Å²) in [6.07, 6.45) is 4.19. The van der Waals surface area contributed by atoms with Crippen LogP contribution in [0, 0.1) is 0 Å². The van der Waals surface area contributed by atoms with E-state index in [1.807, 2.05) is 0 Å². The molecule has 2 unspecified atom stereocenters. The molecule has 5 heteroatoms. The molecule has 0 bridgehead atoms. The zero-order valence-electron chi connectivity index (χ0n) is 11.4. The van der Waals surface area contributed by atoms with E-state index in [0.717, 1.165) is 32.2 Å². The quantitative estimate of drug-likeness (QED) is 0.764. The molecule has 2 fully saturated rings. The smallest absolute Gasteiger partial charge is 0.261 e. The van der Waals surface area contributed by atoms with Crippen molar-refractivity contribution >= 4 is 5.91 Å². The number of nitrogens with zero attached hydrogens (tertiary/aromatic N) is 1. The summed E-state index contributed by atoms with van der Waals surface area (Å²) in [5.74, 6) is -0.572. The van der Waals surface area contributed by atoms with Gasteiger partial charge in [-0.1, -0.05) is 6.07 Å². The van der Waals surface area contributed by atoms with Gasteiger partial charge in [-0.05, 0) is 44.4 Å². The van der Waals surface area contributed by atoms with Gasteiger partial charge >= 0.3 is 0 Å². The Morgan fingerprint density at radius 1 is 1.20 bits per heavy atom. The van der Waals surface area contributed by atoms with Gasteiger partial charge in [0.1, 0.15) is 17.1 Å². The first-order chi connectivity index (χ1) is 9.68. The predicted octanol–water partition coefficient (Wildman–Crippen LogP) is 1.45. The third-order valence-electron chi connectivity index (χ3n) is 4.36. The molecule has 0 aliphatic carbocycles. The number of aromatic hydroxyl groups is 2. The van der Waals surface area contributed by atoms with Crippen molar-refractivity contribution in [2.75, 3.05) is 13.1 Å². The largest absolute Gasteiger partial charge is 0.507 e. The van der Waals surface area contributed by atoms with Crippen LogP contribution < -0.4 is 5.32 Å².